The van der Waals surface area contributed by atoms with E-state index in [1.54, 1.807) is 13.0 Å². The van der Waals surface area contributed by atoms with E-state index in [2.05, 4.69) is 30.0 Å². The lowest BCUT2D eigenvalue weighted by molar-refractivity contribution is -0.137. The highest BCUT2D eigenvalue weighted by Crippen LogP contribution is 2.30. The Hall–Kier alpha value is -3.40. The maximum absolute atomic E-state index is 11.3. The highest BCUT2D eigenvalue weighted by molar-refractivity contribution is 6.01. The Morgan fingerprint density at radius 1 is 0.885 bits per heavy atom. The van der Waals surface area contributed by atoms with Gasteiger partial charge in [-0.25, -0.2) is 9.59 Å². The van der Waals surface area contributed by atoms with E-state index in [9.17, 15) is 9.59 Å². The minimum absolute atomic E-state index is 0.359. The van der Waals surface area contributed by atoms with Crippen LogP contribution in [-0.4, -0.2) is 18.5 Å². The number of benzene rings is 3. The van der Waals surface area contributed by atoms with E-state index in [1.165, 1.54) is 11.5 Å². The maximum atomic E-state index is 11.3. The van der Waals surface area contributed by atoms with Gasteiger partial charge in [-0.05, 0) is 41.3 Å². The van der Waals surface area contributed by atoms with Crippen LogP contribution in [-0.2, 0) is 14.3 Å². The lowest BCUT2D eigenvalue weighted by Gasteiger charge is -2.07. The summed E-state index contributed by atoms with van der Waals surface area (Å²) in [6.45, 7) is 8.79. The molecule has 0 heterocycles. The van der Waals surface area contributed by atoms with E-state index < -0.39 is 5.97 Å². The van der Waals surface area contributed by atoms with Crippen molar-refractivity contribution < 1.29 is 19.1 Å². The number of carbonyl (C=O) groups excluding carboxylic acids is 2. The summed E-state index contributed by atoms with van der Waals surface area (Å²) < 4.78 is 9.70. The molecular formula is C22H20O4. The van der Waals surface area contributed by atoms with Gasteiger partial charge in [-0.2, -0.15) is 0 Å². The van der Waals surface area contributed by atoms with Crippen molar-refractivity contribution in [2.75, 3.05) is 6.61 Å². The zero-order valence-electron chi connectivity index (χ0n) is 14.6. The Bertz CT molecular complexity index is 957. The first kappa shape index (κ1) is 18.9. The van der Waals surface area contributed by atoms with Gasteiger partial charge in [0, 0.05) is 17.5 Å². The third-order valence-corrected chi connectivity index (χ3v) is 3.54. The van der Waals surface area contributed by atoms with Crippen LogP contribution in [0.1, 0.15) is 6.92 Å². The number of fused-ring (bicyclic) bond motifs is 2. The summed E-state index contributed by atoms with van der Waals surface area (Å²) >= 11 is 0. The molecule has 0 spiro atoms. The van der Waals surface area contributed by atoms with Gasteiger partial charge in [0.25, 0.3) is 0 Å². The molecule has 0 unspecified atom stereocenters. The predicted molar refractivity (Wildman–Crippen MR) is 104 cm³/mol. The zero-order chi connectivity index (χ0) is 18.9. The normalized spacial score (nSPS) is 9.73. The number of ether oxygens (including phenoxy) is 2. The van der Waals surface area contributed by atoms with Crippen molar-refractivity contribution in [3.05, 3.63) is 79.9 Å². The highest BCUT2D eigenvalue weighted by Gasteiger charge is 2.06. The first-order valence-corrected chi connectivity index (χ1v) is 8.14. The van der Waals surface area contributed by atoms with Gasteiger partial charge in [0.15, 0.2) is 0 Å². The summed E-state index contributed by atoms with van der Waals surface area (Å²) in [6.07, 6.45) is 2.31. The van der Waals surface area contributed by atoms with Crippen molar-refractivity contribution in [3.8, 4) is 5.75 Å². The van der Waals surface area contributed by atoms with Crippen molar-refractivity contribution in [3.63, 3.8) is 0 Å². The van der Waals surface area contributed by atoms with Crippen molar-refractivity contribution in [2.45, 2.75) is 6.92 Å². The van der Waals surface area contributed by atoms with Crippen LogP contribution in [0.15, 0.2) is 79.9 Å². The Morgan fingerprint density at radius 3 is 2.08 bits per heavy atom. The lowest BCUT2D eigenvalue weighted by atomic mass is 10.0. The fourth-order valence-corrected chi connectivity index (χ4v) is 2.38. The number of hydrogen-bond donors (Lipinski definition) is 0. The molecule has 0 saturated heterocycles. The van der Waals surface area contributed by atoms with Gasteiger partial charge >= 0.3 is 11.9 Å². The van der Waals surface area contributed by atoms with Gasteiger partial charge in [-0.1, -0.05) is 49.6 Å². The van der Waals surface area contributed by atoms with Crippen LogP contribution >= 0.6 is 0 Å². The number of esters is 2. The van der Waals surface area contributed by atoms with Gasteiger partial charge in [-0.15, -0.1) is 0 Å². The first-order chi connectivity index (χ1) is 12.6. The average molecular weight is 348 g/mol. The minimum Gasteiger partial charge on any atom is -0.463 e. The molecule has 4 nitrogen and oxygen atoms in total. The van der Waals surface area contributed by atoms with E-state index in [-0.39, 0.29) is 5.97 Å². The van der Waals surface area contributed by atoms with E-state index >= 15 is 0 Å². The monoisotopic (exact) mass is 348 g/mol. The molecule has 3 aromatic rings. The number of rotatable bonds is 4. The standard InChI is InChI=1S/C17H12O2.C5H8O2/c1-2-17(18)19-16-9-5-8-14-10-12-6-3-4-7-13(12)11-15(14)16;1-3-5(6)7-4-2/h2-11H,1H2;3H,1,4H2,2H3. The van der Waals surface area contributed by atoms with Gasteiger partial charge in [-0.3, -0.25) is 0 Å². The third kappa shape index (κ3) is 4.80. The van der Waals surface area contributed by atoms with Crippen LogP contribution in [0.3, 0.4) is 0 Å². The van der Waals surface area contributed by atoms with Crippen molar-refractivity contribution in [1.82, 2.24) is 0 Å². The van der Waals surface area contributed by atoms with Gasteiger partial charge in [0.05, 0.1) is 6.61 Å². The fraction of sp³-hybridized carbons (Fsp3) is 0.0909. The summed E-state index contributed by atoms with van der Waals surface area (Å²) in [5.41, 5.74) is 0. The zero-order valence-corrected chi connectivity index (χ0v) is 14.6. The molecule has 0 N–H and O–H groups in total. The Labute approximate surface area is 152 Å². The maximum Gasteiger partial charge on any atom is 0.335 e. The molecule has 0 fully saturated rings. The smallest absolute Gasteiger partial charge is 0.335 e. The molecule has 132 valence electrons. The molecule has 0 aliphatic heterocycles. The summed E-state index contributed by atoms with van der Waals surface area (Å²) in [7, 11) is 0. The van der Waals surface area contributed by atoms with Crippen LogP contribution in [0.25, 0.3) is 21.5 Å². The second-order valence-electron chi connectivity index (χ2n) is 5.26. The second kappa shape index (κ2) is 9.18. The van der Waals surface area contributed by atoms with Crippen LogP contribution in [0.4, 0.5) is 0 Å². The minimum atomic E-state index is -0.444. The van der Waals surface area contributed by atoms with Crippen LogP contribution in [0.5, 0.6) is 5.75 Å². The number of hydrogen-bond acceptors (Lipinski definition) is 4. The molecule has 0 radical (unpaired) electrons. The molecular weight excluding hydrogens is 328 g/mol. The van der Waals surface area contributed by atoms with Crippen LogP contribution in [0, 0.1) is 0 Å². The molecule has 0 aromatic heterocycles. The van der Waals surface area contributed by atoms with Crippen LogP contribution in [0.2, 0.25) is 0 Å². The summed E-state index contributed by atoms with van der Waals surface area (Å²) in [6, 6.07) is 17.9. The SMILES string of the molecule is C=CC(=O)OCC.C=CC(=O)Oc1cccc2cc3ccccc3cc12. The third-order valence-electron chi connectivity index (χ3n) is 3.54. The summed E-state index contributed by atoms with van der Waals surface area (Å²) in [5.74, 6) is -0.240. The van der Waals surface area contributed by atoms with Gasteiger partial charge < -0.3 is 9.47 Å². The summed E-state index contributed by atoms with van der Waals surface area (Å²) in [5, 5.41) is 4.27. The van der Waals surface area contributed by atoms with Gasteiger partial charge in [0.2, 0.25) is 0 Å². The quantitative estimate of drug-likeness (QED) is 0.294. The molecule has 0 aliphatic carbocycles. The fourth-order valence-electron chi connectivity index (χ4n) is 2.38. The molecule has 0 bridgehead atoms. The molecule has 0 atom stereocenters. The summed E-state index contributed by atoms with van der Waals surface area (Å²) in [4.78, 5) is 21.4. The van der Waals surface area contributed by atoms with E-state index in [0.29, 0.717) is 12.4 Å². The topological polar surface area (TPSA) is 52.6 Å². The van der Waals surface area contributed by atoms with E-state index in [1.807, 2.05) is 36.4 Å². The molecule has 4 heteroatoms. The molecule has 0 aliphatic rings. The highest BCUT2D eigenvalue weighted by atomic mass is 16.5. The van der Waals surface area contributed by atoms with Crippen molar-refractivity contribution in [1.29, 1.82) is 0 Å². The second-order valence-corrected chi connectivity index (χ2v) is 5.26. The molecule has 26 heavy (non-hydrogen) atoms. The molecule has 0 amide bonds. The van der Waals surface area contributed by atoms with Crippen molar-refractivity contribution in [2.24, 2.45) is 0 Å². The Balaban J connectivity index is 0.000000298. The van der Waals surface area contributed by atoms with E-state index in [0.717, 1.165) is 22.2 Å². The van der Waals surface area contributed by atoms with Crippen LogP contribution < -0.4 is 4.74 Å². The predicted octanol–water partition coefficient (Wildman–Crippen LogP) is 4.82. The first-order valence-electron chi connectivity index (χ1n) is 8.14. The molecule has 3 rings (SSSR count). The van der Waals surface area contributed by atoms with Gasteiger partial charge in [0.1, 0.15) is 5.75 Å². The Kier molecular flexibility index (Phi) is 6.68. The largest absolute Gasteiger partial charge is 0.463 e. The van der Waals surface area contributed by atoms with Crippen molar-refractivity contribution >= 4 is 33.5 Å². The number of carbonyl (C=O) groups is 2. The average Bonchev–Trinajstić information content (AvgIpc) is 2.67. The molecule has 0 saturated carbocycles. The van der Waals surface area contributed by atoms with E-state index in [4.69, 9.17) is 4.74 Å². The lowest BCUT2D eigenvalue weighted by Crippen LogP contribution is -2.03. The Morgan fingerprint density at radius 2 is 1.50 bits per heavy atom. The molecule has 3 aromatic carbocycles.